The molecule has 0 aliphatic carbocycles. The van der Waals surface area contributed by atoms with Gasteiger partial charge >= 0.3 is 0 Å². The summed E-state index contributed by atoms with van der Waals surface area (Å²) >= 11 is 0. The van der Waals surface area contributed by atoms with E-state index in [9.17, 15) is 4.21 Å². The van der Waals surface area contributed by atoms with Crippen molar-refractivity contribution >= 4 is 10.8 Å². The Hall–Kier alpha value is -1.25. The molecule has 0 amide bonds. The van der Waals surface area contributed by atoms with Gasteiger partial charge in [-0.2, -0.15) is 5.26 Å². The number of rotatable bonds is 4. The van der Waals surface area contributed by atoms with Crippen molar-refractivity contribution in [1.29, 1.82) is 5.26 Å². The minimum Gasteiger partial charge on any atom is -0.330 e. The second-order valence-electron chi connectivity index (χ2n) is 2.74. The summed E-state index contributed by atoms with van der Waals surface area (Å²) in [4.78, 5) is 3.83. The maximum absolute atomic E-state index is 11.3. The van der Waals surface area contributed by atoms with Crippen LogP contribution in [0.15, 0.2) is 18.3 Å². The molecule has 0 aliphatic heterocycles. The zero-order valence-corrected chi connectivity index (χ0v) is 8.46. The molecule has 1 rings (SSSR count). The van der Waals surface area contributed by atoms with Gasteiger partial charge in [-0.3, -0.25) is 4.21 Å². The molecule has 0 spiro atoms. The molecule has 1 heterocycles. The molecular weight excluding hydrogens is 198 g/mol. The van der Waals surface area contributed by atoms with Crippen LogP contribution in [-0.4, -0.2) is 21.5 Å². The molecule has 4 nitrogen and oxygen atoms in total. The zero-order chi connectivity index (χ0) is 10.4. The molecular formula is C9H11N3OS. The predicted molar refractivity (Wildman–Crippen MR) is 54.7 cm³/mol. The van der Waals surface area contributed by atoms with Gasteiger partial charge in [0.2, 0.25) is 0 Å². The molecule has 74 valence electrons. The smallest absolute Gasteiger partial charge is 0.140 e. The number of nitrogens with two attached hydrogens (primary N) is 1. The molecule has 0 saturated carbocycles. The zero-order valence-electron chi connectivity index (χ0n) is 7.64. The highest BCUT2D eigenvalue weighted by Crippen LogP contribution is 2.04. The first-order chi connectivity index (χ1) is 6.76. The fraction of sp³-hybridized carbons (Fsp3) is 0.333. The molecule has 1 unspecified atom stereocenters. The molecule has 2 N–H and O–H groups in total. The third kappa shape index (κ3) is 3.24. The molecule has 1 aromatic rings. The molecule has 0 radical (unpaired) electrons. The first-order valence-electron chi connectivity index (χ1n) is 4.16. The van der Waals surface area contributed by atoms with Crippen molar-refractivity contribution in [2.24, 2.45) is 5.73 Å². The van der Waals surface area contributed by atoms with Crippen LogP contribution in [0.5, 0.6) is 0 Å². The third-order valence-electron chi connectivity index (χ3n) is 1.61. The van der Waals surface area contributed by atoms with E-state index < -0.39 is 10.8 Å². The van der Waals surface area contributed by atoms with E-state index in [1.54, 1.807) is 18.3 Å². The Morgan fingerprint density at radius 2 is 2.43 bits per heavy atom. The van der Waals surface area contributed by atoms with Crippen LogP contribution in [0.1, 0.15) is 11.3 Å². The van der Waals surface area contributed by atoms with Gasteiger partial charge in [-0.15, -0.1) is 0 Å². The normalized spacial score (nSPS) is 12.0. The van der Waals surface area contributed by atoms with Crippen molar-refractivity contribution in [1.82, 2.24) is 4.98 Å². The number of nitriles is 1. The summed E-state index contributed by atoms with van der Waals surface area (Å²) in [5.74, 6) is 0.929. The average Bonchev–Trinajstić information content (AvgIpc) is 2.18. The summed E-state index contributed by atoms with van der Waals surface area (Å²) in [5.41, 5.74) is 6.50. The van der Waals surface area contributed by atoms with Crippen LogP contribution in [-0.2, 0) is 16.6 Å². The summed E-state index contributed by atoms with van der Waals surface area (Å²) in [6.07, 6.45) is 1.55. The molecule has 1 aromatic heterocycles. The van der Waals surface area contributed by atoms with E-state index in [2.05, 4.69) is 4.98 Å². The largest absolute Gasteiger partial charge is 0.330 e. The Morgan fingerprint density at radius 1 is 1.64 bits per heavy atom. The predicted octanol–water partition coefficient (Wildman–Crippen LogP) is 0.161. The highest BCUT2D eigenvalue weighted by atomic mass is 32.2. The van der Waals surface area contributed by atoms with Gasteiger partial charge in [0.25, 0.3) is 0 Å². The topological polar surface area (TPSA) is 79.8 Å². The fourth-order valence-corrected chi connectivity index (χ4v) is 1.97. The van der Waals surface area contributed by atoms with Crippen LogP contribution in [0, 0.1) is 11.3 Å². The van der Waals surface area contributed by atoms with Crippen molar-refractivity contribution in [3.63, 3.8) is 0 Å². The van der Waals surface area contributed by atoms with E-state index in [4.69, 9.17) is 11.0 Å². The van der Waals surface area contributed by atoms with Crippen molar-refractivity contribution in [3.05, 3.63) is 29.6 Å². The van der Waals surface area contributed by atoms with E-state index in [0.29, 0.717) is 23.7 Å². The van der Waals surface area contributed by atoms with Gasteiger partial charge in [0, 0.05) is 35.0 Å². The van der Waals surface area contributed by atoms with Gasteiger partial charge < -0.3 is 5.73 Å². The van der Waals surface area contributed by atoms with Gasteiger partial charge in [-0.25, -0.2) is 4.98 Å². The monoisotopic (exact) mass is 209 g/mol. The lowest BCUT2D eigenvalue weighted by atomic mass is 10.2. The van der Waals surface area contributed by atoms with Crippen LogP contribution in [0.3, 0.4) is 0 Å². The van der Waals surface area contributed by atoms with Crippen LogP contribution in [0.2, 0.25) is 0 Å². The third-order valence-corrected chi connectivity index (χ3v) is 2.96. The maximum atomic E-state index is 11.3. The number of hydrogen-bond acceptors (Lipinski definition) is 4. The van der Waals surface area contributed by atoms with E-state index in [0.717, 1.165) is 5.56 Å². The molecule has 0 aromatic carbocycles. The summed E-state index contributed by atoms with van der Waals surface area (Å²) in [5, 5.41) is 8.59. The van der Waals surface area contributed by atoms with Gasteiger partial charge in [0.05, 0.1) is 0 Å². The number of aromatic nitrogens is 1. The second-order valence-corrected chi connectivity index (χ2v) is 4.31. The molecule has 0 fully saturated rings. The minimum absolute atomic E-state index is 0.354. The quantitative estimate of drug-likeness (QED) is 0.766. The Kier molecular flexibility index (Phi) is 4.23. The average molecular weight is 209 g/mol. The van der Waals surface area contributed by atoms with Crippen molar-refractivity contribution in [3.8, 4) is 6.07 Å². The van der Waals surface area contributed by atoms with Crippen molar-refractivity contribution in [2.75, 3.05) is 12.3 Å². The van der Waals surface area contributed by atoms with Crippen molar-refractivity contribution < 1.29 is 4.21 Å². The standard InChI is InChI=1S/C9H11N3OS/c10-2-4-14(13)7-8-1-3-12-9(5-8)6-11/h1,3,5H,2,4,7,10H2. The summed E-state index contributed by atoms with van der Waals surface area (Å²) in [7, 11) is -0.943. The maximum Gasteiger partial charge on any atom is 0.140 e. The molecule has 0 bridgehead atoms. The van der Waals surface area contributed by atoms with Crippen LogP contribution >= 0.6 is 0 Å². The van der Waals surface area contributed by atoms with Gasteiger partial charge in [0.15, 0.2) is 0 Å². The van der Waals surface area contributed by atoms with E-state index >= 15 is 0 Å². The lowest BCUT2D eigenvalue weighted by Gasteiger charge is -2.00. The van der Waals surface area contributed by atoms with E-state index in [1.165, 1.54) is 0 Å². The SMILES string of the molecule is N#Cc1cc(CS(=O)CCN)ccn1. The Balaban J connectivity index is 2.68. The Bertz CT molecular complexity index is 373. The number of nitrogens with zero attached hydrogens (tertiary/aromatic N) is 2. The fourth-order valence-electron chi connectivity index (χ4n) is 1.01. The first-order valence-corrected chi connectivity index (χ1v) is 5.65. The van der Waals surface area contributed by atoms with Crippen LogP contribution < -0.4 is 5.73 Å². The molecule has 0 aliphatic rings. The highest BCUT2D eigenvalue weighted by molar-refractivity contribution is 7.84. The van der Waals surface area contributed by atoms with Gasteiger partial charge in [-0.1, -0.05) is 0 Å². The van der Waals surface area contributed by atoms with Crippen molar-refractivity contribution in [2.45, 2.75) is 5.75 Å². The second kappa shape index (κ2) is 5.47. The van der Waals surface area contributed by atoms with E-state index in [-0.39, 0.29) is 0 Å². The first kappa shape index (κ1) is 10.8. The lowest BCUT2D eigenvalue weighted by molar-refractivity contribution is 0.682. The minimum atomic E-state index is -0.943. The summed E-state index contributed by atoms with van der Waals surface area (Å²) < 4.78 is 11.3. The summed E-state index contributed by atoms with van der Waals surface area (Å²) in [6.45, 7) is 0.419. The van der Waals surface area contributed by atoms with E-state index in [1.807, 2.05) is 6.07 Å². The summed E-state index contributed by atoms with van der Waals surface area (Å²) in [6, 6.07) is 5.34. The van der Waals surface area contributed by atoms with Crippen LogP contribution in [0.4, 0.5) is 0 Å². The number of pyridine rings is 1. The molecule has 0 saturated heterocycles. The van der Waals surface area contributed by atoms with Crippen LogP contribution in [0.25, 0.3) is 0 Å². The lowest BCUT2D eigenvalue weighted by Crippen LogP contribution is -2.11. The molecule has 1 atom stereocenters. The Morgan fingerprint density at radius 3 is 3.07 bits per heavy atom. The Labute approximate surface area is 85.2 Å². The van der Waals surface area contributed by atoms with Gasteiger partial charge in [0.1, 0.15) is 11.8 Å². The number of hydrogen-bond donors (Lipinski definition) is 1. The highest BCUT2D eigenvalue weighted by Gasteiger charge is 2.01. The van der Waals surface area contributed by atoms with Gasteiger partial charge in [-0.05, 0) is 17.7 Å². The molecule has 5 heteroatoms. The molecule has 14 heavy (non-hydrogen) atoms.